The number of rotatable bonds is 2. The van der Waals surface area contributed by atoms with Crippen molar-refractivity contribution in [1.29, 1.82) is 0 Å². The molecule has 1 aliphatic rings. The lowest BCUT2D eigenvalue weighted by Crippen LogP contribution is -2.29. The van der Waals surface area contributed by atoms with Gasteiger partial charge in [0.05, 0.1) is 5.41 Å². The van der Waals surface area contributed by atoms with Gasteiger partial charge in [0, 0.05) is 0 Å². The van der Waals surface area contributed by atoms with Crippen LogP contribution in [0.1, 0.15) is 38.9 Å². The summed E-state index contributed by atoms with van der Waals surface area (Å²) >= 11 is 0. The van der Waals surface area contributed by atoms with Gasteiger partial charge in [0.15, 0.2) is 0 Å². The maximum absolute atomic E-state index is 2.40. The van der Waals surface area contributed by atoms with Crippen LogP contribution >= 0.6 is 0 Å². The van der Waals surface area contributed by atoms with E-state index in [2.05, 4.69) is 112 Å². The molecule has 4 aromatic rings. The minimum Gasteiger partial charge on any atom is -0.0622 e. The monoisotopic (exact) mass is 360 g/mol. The van der Waals surface area contributed by atoms with Gasteiger partial charge in [-0.15, -0.1) is 0 Å². The van der Waals surface area contributed by atoms with Crippen molar-refractivity contribution in [3.8, 4) is 11.1 Å². The van der Waals surface area contributed by atoms with E-state index in [1.54, 1.807) is 0 Å². The molecule has 0 heterocycles. The first kappa shape index (κ1) is 17.0. The molecule has 0 unspecified atom stereocenters. The minimum absolute atomic E-state index is 0.280. The fourth-order valence-electron chi connectivity index (χ4n) is 4.96. The quantitative estimate of drug-likeness (QED) is 0.319. The smallest absolute Gasteiger partial charge is 0.0622 e. The number of aryl methyl sites for hydroxylation is 2. The first-order valence-electron chi connectivity index (χ1n) is 9.97. The van der Waals surface area contributed by atoms with Gasteiger partial charge in [0.2, 0.25) is 0 Å². The molecule has 0 fully saturated rings. The van der Waals surface area contributed by atoms with Crippen LogP contribution in [0, 0.1) is 20.8 Å². The van der Waals surface area contributed by atoms with Crippen molar-refractivity contribution in [2.75, 3.05) is 0 Å². The largest absolute Gasteiger partial charge is 0.0713 e. The Kier molecular flexibility index (Phi) is 3.77. The molecule has 0 spiro atoms. The van der Waals surface area contributed by atoms with Crippen LogP contribution in [0.15, 0.2) is 91.0 Å². The Morgan fingerprint density at radius 2 is 0.964 bits per heavy atom. The van der Waals surface area contributed by atoms with E-state index in [1.807, 2.05) is 0 Å². The standard InChI is InChI=1S/C28H24/c1-19-17-23(18-20(2)21(19)3)28(22-11-5-4-6-12-22)26-15-9-7-13-24(26)25-14-8-10-16-27(25)28/h4-18H,1-3H3. The van der Waals surface area contributed by atoms with Gasteiger partial charge in [-0.25, -0.2) is 0 Å². The van der Waals surface area contributed by atoms with Crippen LogP contribution in [0.2, 0.25) is 0 Å². The molecule has 28 heavy (non-hydrogen) atoms. The van der Waals surface area contributed by atoms with E-state index < -0.39 is 0 Å². The molecule has 0 saturated carbocycles. The number of hydrogen-bond donors (Lipinski definition) is 0. The van der Waals surface area contributed by atoms with Crippen molar-refractivity contribution >= 4 is 0 Å². The third-order valence-electron chi connectivity index (χ3n) is 6.52. The zero-order valence-electron chi connectivity index (χ0n) is 16.7. The Bertz CT molecular complexity index is 1110. The van der Waals surface area contributed by atoms with Crippen LogP contribution < -0.4 is 0 Å². The van der Waals surface area contributed by atoms with E-state index in [4.69, 9.17) is 0 Å². The highest BCUT2D eigenvalue weighted by atomic mass is 14.5. The molecule has 4 aromatic carbocycles. The van der Waals surface area contributed by atoms with Crippen molar-refractivity contribution < 1.29 is 0 Å². The summed E-state index contributed by atoms with van der Waals surface area (Å²) in [6, 6.07) is 33.6. The van der Waals surface area contributed by atoms with E-state index in [9.17, 15) is 0 Å². The lowest BCUT2D eigenvalue weighted by molar-refractivity contribution is 0.765. The highest BCUT2D eigenvalue weighted by Gasteiger charge is 2.45. The van der Waals surface area contributed by atoms with E-state index >= 15 is 0 Å². The highest BCUT2D eigenvalue weighted by Crippen LogP contribution is 2.56. The zero-order chi connectivity index (χ0) is 19.3. The summed E-state index contributed by atoms with van der Waals surface area (Å²) in [7, 11) is 0. The molecular formula is C28H24. The minimum atomic E-state index is -0.280. The molecule has 0 aromatic heterocycles. The number of benzene rings is 4. The van der Waals surface area contributed by atoms with Crippen molar-refractivity contribution in [3.05, 3.63) is 130 Å². The van der Waals surface area contributed by atoms with Crippen LogP contribution in [0.4, 0.5) is 0 Å². The molecule has 0 bridgehead atoms. The Morgan fingerprint density at radius 1 is 0.500 bits per heavy atom. The second-order valence-electron chi connectivity index (χ2n) is 7.94. The summed E-state index contributed by atoms with van der Waals surface area (Å²) in [6.07, 6.45) is 0. The van der Waals surface area contributed by atoms with Crippen LogP contribution in [0.3, 0.4) is 0 Å². The topological polar surface area (TPSA) is 0 Å². The van der Waals surface area contributed by atoms with Gasteiger partial charge >= 0.3 is 0 Å². The Balaban J connectivity index is 1.98. The van der Waals surface area contributed by atoms with Gasteiger partial charge in [-0.05, 0) is 70.8 Å². The SMILES string of the molecule is Cc1cc(C2(c3ccccc3)c3ccccc3-c3ccccc32)cc(C)c1C. The summed E-state index contributed by atoms with van der Waals surface area (Å²) in [5, 5.41) is 0. The molecule has 1 aliphatic carbocycles. The van der Waals surface area contributed by atoms with E-state index in [0.717, 1.165) is 0 Å². The molecule has 0 saturated heterocycles. The lowest BCUT2D eigenvalue weighted by atomic mass is 9.67. The first-order valence-corrected chi connectivity index (χ1v) is 9.97. The van der Waals surface area contributed by atoms with Crippen molar-refractivity contribution in [1.82, 2.24) is 0 Å². The van der Waals surface area contributed by atoms with Gasteiger partial charge in [0.25, 0.3) is 0 Å². The second kappa shape index (κ2) is 6.21. The average molecular weight is 361 g/mol. The molecule has 0 amide bonds. The highest BCUT2D eigenvalue weighted by molar-refractivity contribution is 5.86. The normalized spacial score (nSPS) is 13.8. The molecule has 0 nitrogen and oxygen atoms in total. The summed E-state index contributed by atoms with van der Waals surface area (Å²) in [6.45, 7) is 6.69. The summed E-state index contributed by atoms with van der Waals surface area (Å²) in [4.78, 5) is 0. The number of fused-ring (bicyclic) bond motifs is 3. The van der Waals surface area contributed by atoms with Crippen molar-refractivity contribution in [2.24, 2.45) is 0 Å². The molecule has 0 N–H and O–H groups in total. The fraction of sp³-hybridized carbons (Fsp3) is 0.143. The Morgan fingerprint density at radius 3 is 1.50 bits per heavy atom. The van der Waals surface area contributed by atoms with Crippen LogP contribution in [0.5, 0.6) is 0 Å². The predicted molar refractivity (Wildman–Crippen MR) is 118 cm³/mol. The van der Waals surface area contributed by atoms with Gasteiger partial charge in [-0.2, -0.15) is 0 Å². The maximum Gasteiger partial charge on any atom is 0.0713 e. The molecule has 0 aliphatic heterocycles. The predicted octanol–water partition coefficient (Wildman–Crippen LogP) is 6.97. The lowest BCUT2D eigenvalue weighted by Gasteiger charge is -2.34. The van der Waals surface area contributed by atoms with Crippen molar-refractivity contribution in [3.63, 3.8) is 0 Å². The second-order valence-corrected chi connectivity index (χ2v) is 7.94. The fourth-order valence-corrected chi connectivity index (χ4v) is 4.96. The first-order chi connectivity index (χ1) is 13.6. The summed E-state index contributed by atoms with van der Waals surface area (Å²) < 4.78 is 0. The average Bonchev–Trinajstić information content (AvgIpc) is 3.04. The van der Waals surface area contributed by atoms with Crippen LogP contribution in [-0.2, 0) is 5.41 Å². The van der Waals surface area contributed by atoms with Gasteiger partial charge in [-0.1, -0.05) is 91.0 Å². The molecule has 0 heteroatoms. The zero-order valence-corrected chi connectivity index (χ0v) is 16.7. The Hall–Kier alpha value is -3.12. The van der Waals surface area contributed by atoms with Crippen molar-refractivity contribution in [2.45, 2.75) is 26.2 Å². The van der Waals surface area contributed by atoms with E-state index in [-0.39, 0.29) is 5.41 Å². The van der Waals surface area contributed by atoms with Gasteiger partial charge < -0.3 is 0 Å². The summed E-state index contributed by atoms with van der Waals surface area (Å²) in [5.74, 6) is 0. The van der Waals surface area contributed by atoms with E-state index in [1.165, 1.54) is 50.1 Å². The Labute approximate surface area is 167 Å². The van der Waals surface area contributed by atoms with E-state index in [0.29, 0.717) is 0 Å². The third-order valence-corrected chi connectivity index (χ3v) is 6.52. The number of hydrogen-bond acceptors (Lipinski definition) is 0. The van der Waals surface area contributed by atoms with Gasteiger partial charge in [0.1, 0.15) is 0 Å². The third kappa shape index (κ3) is 2.18. The maximum atomic E-state index is 2.40. The van der Waals surface area contributed by atoms with Gasteiger partial charge in [-0.3, -0.25) is 0 Å². The van der Waals surface area contributed by atoms with Crippen LogP contribution in [0.25, 0.3) is 11.1 Å². The molecule has 0 atom stereocenters. The van der Waals surface area contributed by atoms with Crippen LogP contribution in [-0.4, -0.2) is 0 Å². The molecule has 0 radical (unpaired) electrons. The molecule has 5 rings (SSSR count). The molecule has 136 valence electrons. The summed E-state index contributed by atoms with van der Waals surface area (Å²) in [5.41, 5.74) is 11.9. The molecular weight excluding hydrogens is 336 g/mol.